The second kappa shape index (κ2) is 13.4. The second-order valence-corrected chi connectivity index (χ2v) is 9.19. The van der Waals surface area contributed by atoms with Crippen molar-refractivity contribution in [2.24, 2.45) is 11.8 Å². The van der Waals surface area contributed by atoms with Crippen molar-refractivity contribution in [1.82, 2.24) is 10.2 Å². The third-order valence-corrected chi connectivity index (χ3v) is 6.57. The molecule has 1 saturated heterocycles. The molecule has 0 spiro atoms. The first kappa shape index (κ1) is 27.0. The first-order valence-electron chi connectivity index (χ1n) is 12.2. The molecule has 0 bridgehead atoms. The van der Waals surface area contributed by atoms with Gasteiger partial charge in [0.25, 0.3) is 0 Å². The van der Waals surface area contributed by atoms with Crippen LogP contribution in [-0.4, -0.2) is 47.5 Å². The summed E-state index contributed by atoms with van der Waals surface area (Å²) >= 11 is 0. The third kappa shape index (κ3) is 7.91. The Bertz CT molecular complexity index is 760. The summed E-state index contributed by atoms with van der Waals surface area (Å²) in [5.41, 5.74) is 1.01. The summed E-state index contributed by atoms with van der Waals surface area (Å²) in [4.78, 5) is 38.7. The highest BCUT2D eigenvalue weighted by Crippen LogP contribution is 2.36. The minimum absolute atomic E-state index is 0.0564. The number of likely N-dealkylation sites (tertiary alicyclic amines) is 1. The first-order valence-corrected chi connectivity index (χ1v) is 12.2. The molecule has 3 unspecified atom stereocenters. The highest BCUT2D eigenvalue weighted by Gasteiger charge is 2.46. The van der Waals surface area contributed by atoms with E-state index in [9.17, 15) is 18.8 Å². The van der Waals surface area contributed by atoms with Gasteiger partial charge >= 0.3 is 5.97 Å². The summed E-state index contributed by atoms with van der Waals surface area (Å²) in [5, 5.41) is 2.99. The number of carbonyl (C=O) groups excluding carboxylic acids is 3. The lowest BCUT2D eigenvalue weighted by Crippen LogP contribution is -2.45. The van der Waals surface area contributed by atoms with Crippen molar-refractivity contribution in [2.75, 3.05) is 0 Å². The minimum atomic E-state index is -1.64. The zero-order chi connectivity index (χ0) is 24.4. The van der Waals surface area contributed by atoms with Crippen LogP contribution in [0.15, 0.2) is 30.3 Å². The van der Waals surface area contributed by atoms with Crippen LogP contribution < -0.4 is 5.32 Å². The summed E-state index contributed by atoms with van der Waals surface area (Å²) in [7, 11) is 0. The van der Waals surface area contributed by atoms with E-state index >= 15 is 0 Å². The number of rotatable bonds is 13. The second-order valence-electron chi connectivity index (χ2n) is 9.19. The van der Waals surface area contributed by atoms with Crippen molar-refractivity contribution in [3.63, 3.8) is 0 Å². The maximum Gasteiger partial charge on any atom is 0.325 e. The van der Waals surface area contributed by atoms with Gasteiger partial charge in [0.2, 0.25) is 12.3 Å². The summed E-state index contributed by atoms with van der Waals surface area (Å²) < 4.78 is 19.2. The number of hydrogen-bond donors (Lipinski definition) is 1. The fourth-order valence-corrected chi connectivity index (χ4v) is 4.92. The Hall–Kier alpha value is -2.28. The Morgan fingerprint density at radius 2 is 1.88 bits per heavy atom. The predicted molar refractivity (Wildman–Crippen MR) is 126 cm³/mol. The molecule has 7 heteroatoms. The van der Waals surface area contributed by atoms with Gasteiger partial charge in [-0.3, -0.25) is 14.5 Å². The molecule has 0 aromatic heterocycles. The van der Waals surface area contributed by atoms with E-state index in [1.54, 1.807) is 0 Å². The van der Waals surface area contributed by atoms with E-state index in [1.807, 2.05) is 49.1 Å². The van der Waals surface area contributed by atoms with Crippen molar-refractivity contribution in [3.8, 4) is 0 Å². The van der Waals surface area contributed by atoms with Gasteiger partial charge in [0.15, 0.2) is 0 Å². The van der Waals surface area contributed by atoms with Gasteiger partial charge in [0, 0.05) is 37.9 Å². The lowest BCUT2D eigenvalue weighted by molar-refractivity contribution is -0.164. The van der Waals surface area contributed by atoms with Crippen LogP contribution in [0.4, 0.5) is 4.39 Å². The maximum atomic E-state index is 14.1. The number of nitrogens with zero attached hydrogens (tertiary/aromatic N) is 1. The van der Waals surface area contributed by atoms with E-state index < -0.39 is 18.4 Å². The molecule has 1 fully saturated rings. The van der Waals surface area contributed by atoms with E-state index in [0.717, 1.165) is 24.7 Å². The van der Waals surface area contributed by atoms with Crippen LogP contribution in [0.25, 0.3) is 0 Å². The third-order valence-electron chi connectivity index (χ3n) is 6.57. The molecule has 0 aliphatic carbocycles. The number of benzene rings is 1. The van der Waals surface area contributed by atoms with Gasteiger partial charge in [-0.2, -0.15) is 0 Å². The molecule has 1 aromatic carbocycles. The van der Waals surface area contributed by atoms with Crippen molar-refractivity contribution in [1.29, 1.82) is 0 Å². The average Bonchev–Trinajstić information content (AvgIpc) is 3.11. The number of halogens is 1. The van der Waals surface area contributed by atoms with Gasteiger partial charge in [-0.05, 0) is 44.1 Å². The van der Waals surface area contributed by atoms with Crippen molar-refractivity contribution in [2.45, 2.75) is 97.2 Å². The highest BCUT2D eigenvalue weighted by atomic mass is 19.1. The standard InChI is InChI=1S/C26H39FN2O4/c1-5-10-21(18(3)28-19(4)31)14-23-22(17-30)15-24(26(32)33-25(27)11-6-2)29(23)16-20-12-8-7-9-13-20/h7-9,12-13,17-18,21-25H,5-6,10-11,14-16H2,1-4H3,(H,28,31)/t18?,21?,22-,23+,24+,25?/m0/s1. The van der Waals surface area contributed by atoms with Gasteiger partial charge in [-0.25, -0.2) is 4.39 Å². The minimum Gasteiger partial charge on any atom is -0.430 e. The normalized spacial score (nSPS) is 23.5. The van der Waals surface area contributed by atoms with Crippen LogP contribution in [0.3, 0.4) is 0 Å². The van der Waals surface area contributed by atoms with E-state index in [-0.39, 0.29) is 36.2 Å². The molecule has 184 valence electrons. The number of esters is 1. The Balaban J connectivity index is 2.31. The molecule has 6 nitrogen and oxygen atoms in total. The molecule has 6 atom stereocenters. The first-order chi connectivity index (χ1) is 15.8. The molecular weight excluding hydrogens is 423 g/mol. The number of carbonyl (C=O) groups is 3. The van der Waals surface area contributed by atoms with Gasteiger partial charge in [0.1, 0.15) is 12.3 Å². The Kier molecular flexibility index (Phi) is 11.0. The number of nitrogens with one attached hydrogen (secondary N) is 1. The van der Waals surface area contributed by atoms with Crippen molar-refractivity contribution < 1.29 is 23.5 Å². The topological polar surface area (TPSA) is 75.7 Å². The van der Waals surface area contributed by atoms with Gasteiger partial charge in [-0.1, -0.05) is 50.6 Å². The molecule has 1 aliphatic rings. The molecule has 1 N–H and O–H groups in total. The Morgan fingerprint density at radius 1 is 1.21 bits per heavy atom. The van der Waals surface area contributed by atoms with Crippen LogP contribution in [0.5, 0.6) is 0 Å². The van der Waals surface area contributed by atoms with Gasteiger partial charge < -0.3 is 14.8 Å². The lowest BCUT2D eigenvalue weighted by atomic mass is 9.85. The van der Waals surface area contributed by atoms with E-state index in [2.05, 4.69) is 12.2 Å². The summed E-state index contributed by atoms with van der Waals surface area (Å²) in [5.74, 6) is -0.912. The van der Waals surface area contributed by atoms with Crippen LogP contribution in [0.2, 0.25) is 0 Å². The van der Waals surface area contributed by atoms with Crippen LogP contribution in [0, 0.1) is 11.8 Å². The molecule has 33 heavy (non-hydrogen) atoms. The fraction of sp³-hybridized carbons (Fsp3) is 0.654. The lowest BCUT2D eigenvalue weighted by Gasteiger charge is -2.34. The van der Waals surface area contributed by atoms with E-state index in [1.165, 1.54) is 6.92 Å². The molecule has 1 aromatic rings. The van der Waals surface area contributed by atoms with Crippen molar-refractivity contribution >= 4 is 18.2 Å². The SMILES string of the molecule is CCCC(F)OC(=O)[C@H]1C[C@@H](C=O)[C@@H](CC(CCC)C(C)NC(C)=O)N1Cc1ccccc1. The smallest absolute Gasteiger partial charge is 0.325 e. The highest BCUT2D eigenvalue weighted by molar-refractivity contribution is 5.77. The zero-order valence-electron chi connectivity index (χ0n) is 20.3. The van der Waals surface area contributed by atoms with Crippen LogP contribution >= 0.6 is 0 Å². The largest absolute Gasteiger partial charge is 0.430 e. The zero-order valence-corrected chi connectivity index (χ0v) is 20.3. The summed E-state index contributed by atoms with van der Waals surface area (Å²) in [6.07, 6.45) is 2.81. The molecule has 1 heterocycles. The number of ether oxygens (including phenoxy) is 1. The fourth-order valence-electron chi connectivity index (χ4n) is 4.92. The number of aldehydes is 1. The average molecular weight is 463 g/mol. The molecular formula is C26H39FN2O4. The number of hydrogen-bond acceptors (Lipinski definition) is 5. The van der Waals surface area contributed by atoms with E-state index in [4.69, 9.17) is 4.74 Å². The predicted octanol–water partition coefficient (Wildman–Crippen LogP) is 4.41. The van der Waals surface area contributed by atoms with Gasteiger partial charge in [-0.15, -0.1) is 0 Å². The molecule has 0 saturated carbocycles. The molecule has 0 radical (unpaired) electrons. The quantitative estimate of drug-likeness (QED) is 0.347. The Labute approximate surface area is 197 Å². The summed E-state index contributed by atoms with van der Waals surface area (Å²) in [6.45, 7) is 7.88. The number of alkyl halides is 1. The van der Waals surface area contributed by atoms with Crippen LogP contribution in [-0.2, 0) is 25.7 Å². The number of amides is 1. The van der Waals surface area contributed by atoms with Gasteiger partial charge in [0.05, 0.1) is 0 Å². The molecule has 1 aliphatic heterocycles. The monoisotopic (exact) mass is 462 g/mol. The van der Waals surface area contributed by atoms with Crippen molar-refractivity contribution in [3.05, 3.63) is 35.9 Å². The maximum absolute atomic E-state index is 14.1. The van der Waals surface area contributed by atoms with Crippen LogP contribution in [0.1, 0.15) is 71.8 Å². The summed E-state index contributed by atoms with van der Waals surface area (Å²) in [6, 6.07) is 8.81. The molecule has 1 amide bonds. The molecule has 2 rings (SSSR count). The Morgan fingerprint density at radius 3 is 2.45 bits per heavy atom. The van der Waals surface area contributed by atoms with E-state index in [0.29, 0.717) is 25.8 Å².